The molecule has 1 atom stereocenters. The highest BCUT2D eigenvalue weighted by atomic mass is 16.3. The molecular formula is C13H21N3O2. The van der Waals surface area contributed by atoms with Crippen LogP contribution in [-0.4, -0.2) is 36.5 Å². The molecule has 1 aromatic rings. The van der Waals surface area contributed by atoms with Gasteiger partial charge in [0.25, 0.3) is 0 Å². The lowest BCUT2D eigenvalue weighted by atomic mass is 10.1. The van der Waals surface area contributed by atoms with Crippen LogP contribution in [0.1, 0.15) is 31.6 Å². The highest BCUT2D eigenvalue weighted by Gasteiger charge is 2.19. The molecule has 3 N–H and O–H groups in total. The average molecular weight is 251 g/mol. The molecule has 5 nitrogen and oxygen atoms in total. The van der Waals surface area contributed by atoms with Gasteiger partial charge in [0, 0.05) is 19.1 Å². The fourth-order valence-electron chi connectivity index (χ4n) is 2.21. The summed E-state index contributed by atoms with van der Waals surface area (Å²) in [5, 5.41) is 2.94. The van der Waals surface area contributed by atoms with Crippen molar-refractivity contribution in [1.29, 1.82) is 0 Å². The maximum atomic E-state index is 11.9. The second kappa shape index (κ2) is 6.02. The Morgan fingerprint density at radius 2 is 2.33 bits per heavy atom. The maximum absolute atomic E-state index is 11.9. The van der Waals surface area contributed by atoms with Gasteiger partial charge in [0.05, 0.1) is 18.8 Å². The predicted molar refractivity (Wildman–Crippen MR) is 68.9 cm³/mol. The summed E-state index contributed by atoms with van der Waals surface area (Å²) < 4.78 is 5.26. The van der Waals surface area contributed by atoms with Crippen molar-refractivity contribution < 1.29 is 9.21 Å². The number of hydrogen-bond donors (Lipinski definition) is 2. The molecule has 5 heteroatoms. The normalized spacial score (nSPS) is 19.7. The SMILES string of the molecule is CC(NC(=O)CN1CCC(N)CC1)c1ccco1. The number of furan rings is 1. The van der Waals surface area contributed by atoms with Gasteiger partial charge in [-0.2, -0.15) is 0 Å². The van der Waals surface area contributed by atoms with Crippen molar-refractivity contribution in [3.63, 3.8) is 0 Å². The lowest BCUT2D eigenvalue weighted by Crippen LogP contribution is -2.44. The van der Waals surface area contributed by atoms with Crippen LogP contribution >= 0.6 is 0 Å². The Morgan fingerprint density at radius 1 is 1.61 bits per heavy atom. The van der Waals surface area contributed by atoms with E-state index in [9.17, 15) is 4.79 Å². The maximum Gasteiger partial charge on any atom is 0.234 e. The minimum atomic E-state index is -0.0838. The molecule has 1 aromatic heterocycles. The van der Waals surface area contributed by atoms with Crippen LogP contribution in [0.5, 0.6) is 0 Å². The lowest BCUT2D eigenvalue weighted by molar-refractivity contribution is -0.123. The van der Waals surface area contributed by atoms with E-state index in [4.69, 9.17) is 10.2 Å². The average Bonchev–Trinajstić information content (AvgIpc) is 2.85. The third-order valence-electron chi connectivity index (χ3n) is 3.35. The third kappa shape index (κ3) is 3.58. The number of rotatable bonds is 4. The van der Waals surface area contributed by atoms with Gasteiger partial charge in [0.1, 0.15) is 5.76 Å². The van der Waals surface area contributed by atoms with Gasteiger partial charge in [-0.25, -0.2) is 0 Å². The Balaban J connectivity index is 1.75. The van der Waals surface area contributed by atoms with Crippen molar-refractivity contribution in [2.75, 3.05) is 19.6 Å². The fourth-order valence-corrected chi connectivity index (χ4v) is 2.21. The summed E-state index contributed by atoms with van der Waals surface area (Å²) in [7, 11) is 0. The molecule has 0 aliphatic carbocycles. The topological polar surface area (TPSA) is 71.5 Å². The van der Waals surface area contributed by atoms with Gasteiger partial charge in [0.2, 0.25) is 5.91 Å². The van der Waals surface area contributed by atoms with Crippen LogP contribution < -0.4 is 11.1 Å². The summed E-state index contributed by atoms with van der Waals surface area (Å²) in [4.78, 5) is 14.0. The molecule has 1 amide bonds. The summed E-state index contributed by atoms with van der Waals surface area (Å²) >= 11 is 0. The molecule has 0 saturated carbocycles. The van der Waals surface area contributed by atoms with Crippen LogP contribution in [0.15, 0.2) is 22.8 Å². The number of likely N-dealkylation sites (tertiary alicyclic amines) is 1. The largest absolute Gasteiger partial charge is 0.467 e. The summed E-state index contributed by atoms with van der Waals surface area (Å²) in [6.45, 7) is 4.17. The number of carbonyl (C=O) groups excluding carboxylic acids is 1. The van der Waals surface area contributed by atoms with E-state index in [2.05, 4.69) is 10.2 Å². The Bertz CT molecular complexity index is 370. The van der Waals surface area contributed by atoms with E-state index in [0.717, 1.165) is 31.7 Å². The molecule has 2 rings (SSSR count). The monoisotopic (exact) mass is 251 g/mol. The second-order valence-electron chi connectivity index (χ2n) is 4.92. The van der Waals surface area contributed by atoms with Gasteiger partial charge in [-0.1, -0.05) is 0 Å². The first-order valence-corrected chi connectivity index (χ1v) is 6.46. The minimum absolute atomic E-state index is 0.0365. The van der Waals surface area contributed by atoms with Crippen molar-refractivity contribution >= 4 is 5.91 Å². The summed E-state index contributed by atoms with van der Waals surface area (Å²) in [5.41, 5.74) is 5.83. The van der Waals surface area contributed by atoms with E-state index < -0.39 is 0 Å². The van der Waals surface area contributed by atoms with Crippen molar-refractivity contribution in [2.24, 2.45) is 5.73 Å². The Morgan fingerprint density at radius 3 is 2.94 bits per heavy atom. The number of nitrogens with one attached hydrogen (secondary N) is 1. The summed E-state index contributed by atoms with van der Waals surface area (Å²) in [6, 6.07) is 3.90. The second-order valence-corrected chi connectivity index (χ2v) is 4.92. The number of nitrogens with zero attached hydrogens (tertiary/aromatic N) is 1. The van der Waals surface area contributed by atoms with Gasteiger partial charge < -0.3 is 15.5 Å². The standard InChI is InChI=1S/C13H21N3O2/c1-10(12-3-2-8-18-12)15-13(17)9-16-6-4-11(14)5-7-16/h2-3,8,10-11H,4-7,9,14H2,1H3,(H,15,17). The van der Waals surface area contributed by atoms with Gasteiger partial charge >= 0.3 is 0 Å². The van der Waals surface area contributed by atoms with Crippen LogP contribution in [0.2, 0.25) is 0 Å². The molecule has 2 heterocycles. The number of piperidine rings is 1. The third-order valence-corrected chi connectivity index (χ3v) is 3.35. The van der Waals surface area contributed by atoms with Crippen LogP contribution in [0.3, 0.4) is 0 Å². The molecule has 100 valence electrons. The van der Waals surface area contributed by atoms with Gasteiger partial charge in [-0.3, -0.25) is 9.69 Å². The number of nitrogens with two attached hydrogens (primary N) is 1. The minimum Gasteiger partial charge on any atom is -0.467 e. The van der Waals surface area contributed by atoms with Crippen molar-refractivity contribution in [2.45, 2.75) is 31.8 Å². The van der Waals surface area contributed by atoms with E-state index in [-0.39, 0.29) is 11.9 Å². The van der Waals surface area contributed by atoms with Crippen LogP contribution in [0.25, 0.3) is 0 Å². The Labute approximate surface area is 107 Å². The highest BCUT2D eigenvalue weighted by Crippen LogP contribution is 2.12. The molecule has 1 aliphatic rings. The molecule has 0 spiro atoms. The number of hydrogen-bond acceptors (Lipinski definition) is 4. The van der Waals surface area contributed by atoms with Gasteiger partial charge in [-0.15, -0.1) is 0 Å². The van der Waals surface area contributed by atoms with Gasteiger partial charge in [0.15, 0.2) is 0 Å². The van der Waals surface area contributed by atoms with E-state index in [1.54, 1.807) is 6.26 Å². The van der Waals surface area contributed by atoms with Crippen molar-refractivity contribution in [1.82, 2.24) is 10.2 Å². The smallest absolute Gasteiger partial charge is 0.234 e. The molecule has 0 bridgehead atoms. The highest BCUT2D eigenvalue weighted by molar-refractivity contribution is 5.78. The van der Waals surface area contributed by atoms with E-state index in [1.165, 1.54) is 0 Å². The first-order valence-electron chi connectivity index (χ1n) is 6.46. The van der Waals surface area contributed by atoms with E-state index in [1.807, 2.05) is 19.1 Å². The van der Waals surface area contributed by atoms with E-state index >= 15 is 0 Å². The first kappa shape index (κ1) is 13.1. The lowest BCUT2D eigenvalue weighted by Gasteiger charge is -2.29. The molecule has 1 fully saturated rings. The van der Waals surface area contributed by atoms with Crippen molar-refractivity contribution in [3.05, 3.63) is 24.2 Å². The van der Waals surface area contributed by atoms with Crippen molar-refractivity contribution in [3.8, 4) is 0 Å². The van der Waals surface area contributed by atoms with Crippen LogP contribution in [0, 0.1) is 0 Å². The molecular weight excluding hydrogens is 230 g/mol. The zero-order valence-corrected chi connectivity index (χ0v) is 10.8. The zero-order chi connectivity index (χ0) is 13.0. The van der Waals surface area contributed by atoms with Crippen LogP contribution in [-0.2, 0) is 4.79 Å². The molecule has 1 unspecified atom stereocenters. The Hall–Kier alpha value is -1.33. The predicted octanol–water partition coefficient (Wildman–Crippen LogP) is 0.880. The molecule has 1 saturated heterocycles. The zero-order valence-electron chi connectivity index (χ0n) is 10.8. The summed E-state index contributed by atoms with van der Waals surface area (Å²) in [5.74, 6) is 0.818. The first-order chi connectivity index (χ1) is 8.65. The van der Waals surface area contributed by atoms with Gasteiger partial charge in [-0.05, 0) is 31.9 Å². The van der Waals surface area contributed by atoms with Crippen LogP contribution in [0.4, 0.5) is 0 Å². The quantitative estimate of drug-likeness (QED) is 0.833. The summed E-state index contributed by atoms with van der Waals surface area (Å²) in [6.07, 6.45) is 3.56. The molecule has 0 radical (unpaired) electrons. The number of amides is 1. The fraction of sp³-hybridized carbons (Fsp3) is 0.615. The van der Waals surface area contributed by atoms with E-state index in [0.29, 0.717) is 12.6 Å². The number of carbonyl (C=O) groups is 1. The molecule has 0 aromatic carbocycles. The molecule has 1 aliphatic heterocycles. The molecule has 18 heavy (non-hydrogen) atoms. The Kier molecular flexibility index (Phi) is 4.38.